The standard InChI is InChI=1S/C17H19NO6S/c1-10(19)21-8-13-14(22-11(2)20)15-16(23-13)18-17(24-15)25-9-12-6-4-3-5-7-12/h3-7,13-16H,8-9H2,1-2H3/t13-,14-,15+,16-/m1/s1. The first-order chi connectivity index (χ1) is 12.0. The molecule has 2 aliphatic heterocycles. The third-order valence-corrected chi connectivity index (χ3v) is 4.64. The van der Waals surface area contributed by atoms with Crippen LogP contribution in [-0.4, -0.2) is 48.3 Å². The smallest absolute Gasteiger partial charge is 0.303 e. The Balaban J connectivity index is 1.61. The van der Waals surface area contributed by atoms with Gasteiger partial charge in [0.25, 0.3) is 0 Å². The van der Waals surface area contributed by atoms with Gasteiger partial charge in [-0.25, -0.2) is 4.99 Å². The van der Waals surface area contributed by atoms with Gasteiger partial charge in [0.1, 0.15) is 12.7 Å². The van der Waals surface area contributed by atoms with E-state index in [0.717, 1.165) is 5.56 Å². The van der Waals surface area contributed by atoms with Gasteiger partial charge in [-0.15, -0.1) is 0 Å². The fourth-order valence-corrected chi connectivity index (χ4v) is 3.49. The van der Waals surface area contributed by atoms with Crippen LogP contribution in [0.5, 0.6) is 0 Å². The summed E-state index contributed by atoms with van der Waals surface area (Å²) in [7, 11) is 0. The number of aliphatic imine (C=N–C) groups is 1. The molecule has 0 saturated carbocycles. The van der Waals surface area contributed by atoms with Crippen molar-refractivity contribution in [2.75, 3.05) is 6.61 Å². The van der Waals surface area contributed by atoms with E-state index in [1.807, 2.05) is 30.3 Å². The van der Waals surface area contributed by atoms with Gasteiger partial charge in [-0.2, -0.15) is 0 Å². The number of thioether (sulfide) groups is 1. The third-order valence-electron chi connectivity index (χ3n) is 3.71. The minimum Gasteiger partial charge on any atom is -0.463 e. The number of nitrogens with zero attached hydrogens (tertiary/aromatic N) is 1. The normalized spacial score (nSPS) is 27.2. The average molecular weight is 365 g/mol. The van der Waals surface area contributed by atoms with Gasteiger partial charge in [0.15, 0.2) is 18.4 Å². The lowest BCUT2D eigenvalue weighted by Crippen LogP contribution is -2.39. The van der Waals surface area contributed by atoms with Gasteiger partial charge in [0, 0.05) is 19.6 Å². The molecule has 0 bridgehead atoms. The van der Waals surface area contributed by atoms with Gasteiger partial charge in [-0.05, 0) is 5.56 Å². The average Bonchev–Trinajstić information content (AvgIpc) is 3.10. The Bertz CT molecular complexity index is 664. The van der Waals surface area contributed by atoms with Gasteiger partial charge < -0.3 is 18.9 Å². The molecule has 2 aliphatic rings. The zero-order chi connectivity index (χ0) is 17.8. The zero-order valence-corrected chi connectivity index (χ0v) is 14.7. The Labute approximate surface area is 149 Å². The summed E-state index contributed by atoms with van der Waals surface area (Å²) < 4.78 is 21.9. The second-order valence-electron chi connectivity index (χ2n) is 5.69. The Kier molecular flexibility index (Phi) is 5.60. The number of carbonyl (C=O) groups excluding carboxylic acids is 2. The van der Waals surface area contributed by atoms with Crippen molar-refractivity contribution in [3.63, 3.8) is 0 Å². The molecule has 0 aromatic heterocycles. The zero-order valence-electron chi connectivity index (χ0n) is 13.9. The van der Waals surface area contributed by atoms with Crippen LogP contribution in [0.2, 0.25) is 0 Å². The van der Waals surface area contributed by atoms with Crippen molar-refractivity contribution >= 4 is 28.9 Å². The quantitative estimate of drug-likeness (QED) is 0.737. The molecule has 134 valence electrons. The summed E-state index contributed by atoms with van der Waals surface area (Å²) >= 11 is 1.46. The summed E-state index contributed by atoms with van der Waals surface area (Å²) in [5, 5.41) is 0.502. The van der Waals surface area contributed by atoms with Gasteiger partial charge >= 0.3 is 11.9 Å². The molecule has 1 saturated heterocycles. The van der Waals surface area contributed by atoms with Crippen molar-refractivity contribution in [1.82, 2.24) is 0 Å². The predicted molar refractivity (Wildman–Crippen MR) is 90.9 cm³/mol. The molecule has 1 aromatic rings. The molecule has 2 heterocycles. The Morgan fingerprint density at radius 1 is 1.20 bits per heavy atom. The van der Waals surface area contributed by atoms with E-state index in [1.165, 1.54) is 25.6 Å². The molecule has 0 amide bonds. The van der Waals surface area contributed by atoms with Crippen LogP contribution in [0.25, 0.3) is 0 Å². The van der Waals surface area contributed by atoms with E-state index in [4.69, 9.17) is 18.9 Å². The fraction of sp³-hybridized carbons (Fsp3) is 0.471. The first kappa shape index (κ1) is 17.8. The van der Waals surface area contributed by atoms with E-state index in [-0.39, 0.29) is 6.61 Å². The minimum atomic E-state index is -0.666. The van der Waals surface area contributed by atoms with Crippen LogP contribution < -0.4 is 0 Å². The molecular formula is C17H19NO6S. The van der Waals surface area contributed by atoms with Crippen molar-refractivity contribution < 1.29 is 28.5 Å². The SMILES string of the molecule is CC(=O)OC[C@H]1O[C@H]2N=C(SCc3ccccc3)O[C@H]2[C@@H]1OC(C)=O. The fourth-order valence-electron chi connectivity index (χ4n) is 2.65. The van der Waals surface area contributed by atoms with Crippen molar-refractivity contribution in [1.29, 1.82) is 0 Å². The first-order valence-electron chi connectivity index (χ1n) is 7.90. The van der Waals surface area contributed by atoms with Crippen molar-refractivity contribution in [3.05, 3.63) is 35.9 Å². The molecule has 0 aliphatic carbocycles. The molecule has 25 heavy (non-hydrogen) atoms. The molecule has 0 spiro atoms. The molecule has 7 nitrogen and oxygen atoms in total. The number of rotatable bonds is 5. The van der Waals surface area contributed by atoms with Crippen LogP contribution in [-0.2, 0) is 34.3 Å². The summed E-state index contributed by atoms with van der Waals surface area (Å²) in [6.45, 7) is 2.62. The minimum absolute atomic E-state index is 0.00828. The summed E-state index contributed by atoms with van der Waals surface area (Å²) in [6, 6.07) is 9.96. The van der Waals surface area contributed by atoms with Crippen molar-refractivity contribution in [2.45, 2.75) is 44.1 Å². The summed E-state index contributed by atoms with van der Waals surface area (Å²) in [5.41, 5.74) is 1.15. The topological polar surface area (TPSA) is 83.4 Å². The highest BCUT2D eigenvalue weighted by molar-refractivity contribution is 8.12. The molecule has 1 aromatic carbocycles. The van der Waals surface area contributed by atoms with Crippen LogP contribution in [0.4, 0.5) is 0 Å². The maximum Gasteiger partial charge on any atom is 0.303 e. The maximum atomic E-state index is 11.4. The van der Waals surface area contributed by atoms with Gasteiger partial charge in [0.2, 0.25) is 5.23 Å². The Morgan fingerprint density at radius 2 is 1.96 bits per heavy atom. The third kappa shape index (κ3) is 4.52. The number of carbonyl (C=O) groups is 2. The molecule has 0 N–H and O–H groups in total. The van der Waals surface area contributed by atoms with Crippen LogP contribution >= 0.6 is 11.8 Å². The highest BCUT2D eigenvalue weighted by Gasteiger charge is 2.52. The van der Waals surface area contributed by atoms with Crippen LogP contribution in [0.3, 0.4) is 0 Å². The highest BCUT2D eigenvalue weighted by atomic mass is 32.2. The number of ether oxygens (including phenoxy) is 4. The van der Waals surface area contributed by atoms with E-state index in [9.17, 15) is 9.59 Å². The van der Waals surface area contributed by atoms with E-state index in [1.54, 1.807) is 0 Å². The second kappa shape index (κ2) is 7.88. The van der Waals surface area contributed by atoms with Crippen molar-refractivity contribution in [2.24, 2.45) is 4.99 Å². The molecule has 8 heteroatoms. The van der Waals surface area contributed by atoms with E-state index < -0.39 is 36.5 Å². The Hall–Kier alpha value is -2.06. The van der Waals surface area contributed by atoms with Gasteiger partial charge in [-0.3, -0.25) is 9.59 Å². The maximum absolute atomic E-state index is 11.4. The van der Waals surface area contributed by atoms with Crippen LogP contribution in [0, 0.1) is 0 Å². The molecule has 0 unspecified atom stereocenters. The number of hydrogen-bond acceptors (Lipinski definition) is 8. The highest BCUT2D eigenvalue weighted by Crippen LogP contribution is 2.34. The summed E-state index contributed by atoms with van der Waals surface area (Å²) in [6.07, 6.45) is -2.35. The lowest BCUT2D eigenvalue weighted by atomic mass is 10.1. The molecule has 0 radical (unpaired) electrons. The number of esters is 2. The number of fused-ring (bicyclic) bond motifs is 1. The van der Waals surface area contributed by atoms with Gasteiger partial charge in [0.05, 0.1) is 0 Å². The number of hydrogen-bond donors (Lipinski definition) is 0. The second-order valence-corrected chi connectivity index (χ2v) is 6.62. The van der Waals surface area contributed by atoms with E-state index >= 15 is 0 Å². The van der Waals surface area contributed by atoms with Crippen LogP contribution in [0.15, 0.2) is 35.3 Å². The predicted octanol–water partition coefficient (Wildman–Crippen LogP) is 1.89. The number of benzene rings is 1. The van der Waals surface area contributed by atoms with E-state index in [2.05, 4.69) is 4.99 Å². The summed E-state index contributed by atoms with van der Waals surface area (Å²) in [4.78, 5) is 26.8. The van der Waals surface area contributed by atoms with Gasteiger partial charge in [-0.1, -0.05) is 42.1 Å². The van der Waals surface area contributed by atoms with Crippen LogP contribution in [0.1, 0.15) is 19.4 Å². The molecule has 3 rings (SSSR count). The molecular weight excluding hydrogens is 346 g/mol. The largest absolute Gasteiger partial charge is 0.463 e. The Morgan fingerprint density at radius 3 is 2.64 bits per heavy atom. The van der Waals surface area contributed by atoms with E-state index in [0.29, 0.717) is 11.0 Å². The molecule has 1 fully saturated rings. The lowest BCUT2D eigenvalue weighted by Gasteiger charge is -2.21. The lowest BCUT2D eigenvalue weighted by molar-refractivity contribution is -0.157. The molecule has 4 atom stereocenters. The monoisotopic (exact) mass is 365 g/mol. The first-order valence-corrected chi connectivity index (χ1v) is 8.88. The van der Waals surface area contributed by atoms with Crippen molar-refractivity contribution in [3.8, 4) is 0 Å². The summed E-state index contributed by atoms with van der Waals surface area (Å²) in [5.74, 6) is -0.157.